The molecule has 0 aromatic heterocycles. The molecule has 0 saturated heterocycles. The number of carboxylic acids is 1. The Kier molecular flexibility index (Phi) is 5.15. The van der Waals surface area contributed by atoms with Crippen molar-refractivity contribution < 1.29 is 9.90 Å². The van der Waals surface area contributed by atoms with Crippen molar-refractivity contribution in [2.75, 3.05) is 0 Å². The summed E-state index contributed by atoms with van der Waals surface area (Å²) in [6.45, 7) is 5.64. The second-order valence-electron chi connectivity index (χ2n) is 4.33. The van der Waals surface area contributed by atoms with Crippen LogP contribution >= 0.6 is 15.9 Å². The first-order valence-electron chi connectivity index (χ1n) is 5.66. The van der Waals surface area contributed by atoms with Crippen molar-refractivity contribution in [3.8, 4) is 0 Å². The number of nitrogens with one attached hydrogen (secondary N) is 1. The Morgan fingerprint density at radius 1 is 1.29 bits per heavy atom. The largest absolute Gasteiger partial charge is 0.481 e. The third-order valence-electron chi connectivity index (χ3n) is 3.02. The molecule has 1 rings (SSSR count). The van der Waals surface area contributed by atoms with E-state index in [-0.39, 0.29) is 12.1 Å². The van der Waals surface area contributed by atoms with Crippen molar-refractivity contribution in [2.24, 2.45) is 5.92 Å². The minimum atomic E-state index is -0.774. The smallest absolute Gasteiger partial charge is 0.307 e. The molecule has 3 atom stereocenters. The predicted octanol–water partition coefficient (Wildman–Crippen LogP) is 3.21. The Labute approximate surface area is 110 Å². The van der Waals surface area contributed by atoms with E-state index >= 15 is 0 Å². The van der Waals surface area contributed by atoms with E-state index in [2.05, 4.69) is 21.2 Å². The average molecular weight is 300 g/mol. The maximum atomic E-state index is 10.9. The molecule has 4 heteroatoms. The molecule has 0 heterocycles. The minimum Gasteiger partial charge on any atom is -0.481 e. The van der Waals surface area contributed by atoms with Crippen molar-refractivity contribution >= 4 is 21.9 Å². The SMILES string of the molecule is CC(N[C@H](C)c1ccccc1Br)C(C)C(=O)O. The second-order valence-corrected chi connectivity index (χ2v) is 5.18. The second kappa shape index (κ2) is 6.17. The number of benzene rings is 1. The summed E-state index contributed by atoms with van der Waals surface area (Å²) in [5.74, 6) is -1.18. The van der Waals surface area contributed by atoms with Crippen molar-refractivity contribution in [1.29, 1.82) is 0 Å². The molecule has 94 valence electrons. The van der Waals surface area contributed by atoms with Crippen LogP contribution in [0.1, 0.15) is 32.4 Å². The zero-order chi connectivity index (χ0) is 13.0. The molecule has 0 saturated carbocycles. The van der Waals surface area contributed by atoms with Crippen molar-refractivity contribution in [2.45, 2.75) is 32.9 Å². The first kappa shape index (κ1) is 14.2. The maximum Gasteiger partial charge on any atom is 0.307 e. The highest BCUT2D eigenvalue weighted by molar-refractivity contribution is 9.10. The number of rotatable bonds is 5. The lowest BCUT2D eigenvalue weighted by atomic mass is 10.0. The van der Waals surface area contributed by atoms with Gasteiger partial charge < -0.3 is 10.4 Å². The average Bonchev–Trinajstić information content (AvgIpc) is 2.28. The summed E-state index contributed by atoms with van der Waals surface area (Å²) in [5, 5.41) is 12.2. The molecule has 0 amide bonds. The lowest BCUT2D eigenvalue weighted by Gasteiger charge is -2.23. The molecule has 2 N–H and O–H groups in total. The summed E-state index contributed by atoms with van der Waals surface area (Å²) in [7, 11) is 0. The predicted molar refractivity (Wildman–Crippen MR) is 72.0 cm³/mol. The summed E-state index contributed by atoms with van der Waals surface area (Å²) in [4.78, 5) is 10.9. The number of hydrogen-bond donors (Lipinski definition) is 2. The molecule has 0 spiro atoms. The van der Waals surface area contributed by atoms with Gasteiger partial charge in [-0.15, -0.1) is 0 Å². The zero-order valence-electron chi connectivity index (χ0n) is 10.3. The van der Waals surface area contributed by atoms with Crippen molar-refractivity contribution in [1.82, 2.24) is 5.32 Å². The van der Waals surface area contributed by atoms with Crippen molar-refractivity contribution in [3.05, 3.63) is 34.3 Å². The van der Waals surface area contributed by atoms with Gasteiger partial charge in [-0.05, 0) is 25.5 Å². The van der Waals surface area contributed by atoms with E-state index in [1.165, 1.54) is 0 Å². The van der Waals surface area contributed by atoms with Crippen LogP contribution < -0.4 is 5.32 Å². The van der Waals surface area contributed by atoms with Gasteiger partial charge in [-0.2, -0.15) is 0 Å². The van der Waals surface area contributed by atoms with Gasteiger partial charge in [-0.25, -0.2) is 0 Å². The Bertz CT molecular complexity index is 395. The van der Waals surface area contributed by atoms with Crippen LogP contribution in [-0.2, 0) is 4.79 Å². The summed E-state index contributed by atoms with van der Waals surface area (Å²) in [6, 6.07) is 7.99. The van der Waals surface area contributed by atoms with Crippen LogP contribution in [0.3, 0.4) is 0 Å². The normalized spacial score (nSPS) is 16.2. The molecular formula is C13H18BrNO2. The fourth-order valence-electron chi connectivity index (χ4n) is 1.67. The van der Waals surface area contributed by atoms with Crippen LogP contribution in [0.25, 0.3) is 0 Å². The van der Waals surface area contributed by atoms with Crippen molar-refractivity contribution in [3.63, 3.8) is 0 Å². The van der Waals surface area contributed by atoms with Gasteiger partial charge in [0.1, 0.15) is 0 Å². The Morgan fingerprint density at radius 2 is 1.88 bits per heavy atom. The molecular weight excluding hydrogens is 282 g/mol. The van der Waals surface area contributed by atoms with Crippen LogP contribution in [0.4, 0.5) is 0 Å². The van der Waals surface area contributed by atoms with Gasteiger partial charge >= 0.3 is 5.97 Å². The van der Waals surface area contributed by atoms with Gasteiger partial charge in [0, 0.05) is 16.6 Å². The molecule has 0 aliphatic carbocycles. The third-order valence-corrected chi connectivity index (χ3v) is 3.75. The molecule has 1 aromatic rings. The first-order valence-corrected chi connectivity index (χ1v) is 6.46. The van der Waals surface area contributed by atoms with Gasteiger partial charge in [0.15, 0.2) is 0 Å². The van der Waals surface area contributed by atoms with E-state index in [1.54, 1.807) is 6.92 Å². The molecule has 0 aliphatic heterocycles. The lowest BCUT2D eigenvalue weighted by Crippen LogP contribution is -2.37. The van der Waals surface area contributed by atoms with E-state index in [0.717, 1.165) is 10.0 Å². The first-order chi connectivity index (χ1) is 7.93. The minimum absolute atomic E-state index is 0.0744. The van der Waals surface area contributed by atoms with Gasteiger partial charge in [-0.3, -0.25) is 4.79 Å². The highest BCUT2D eigenvalue weighted by Crippen LogP contribution is 2.23. The highest BCUT2D eigenvalue weighted by Gasteiger charge is 2.21. The van der Waals surface area contributed by atoms with Gasteiger partial charge in [0.2, 0.25) is 0 Å². The Balaban J connectivity index is 2.70. The number of hydrogen-bond acceptors (Lipinski definition) is 2. The Morgan fingerprint density at radius 3 is 2.41 bits per heavy atom. The molecule has 2 unspecified atom stereocenters. The number of carbonyl (C=O) groups is 1. The molecule has 3 nitrogen and oxygen atoms in total. The van der Waals surface area contributed by atoms with E-state index in [0.29, 0.717) is 0 Å². The fraction of sp³-hybridized carbons (Fsp3) is 0.462. The molecule has 0 aliphatic rings. The monoisotopic (exact) mass is 299 g/mol. The highest BCUT2D eigenvalue weighted by atomic mass is 79.9. The van der Waals surface area contributed by atoms with Crippen LogP contribution in [0.15, 0.2) is 28.7 Å². The summed E-state index contributed by atoms with van der Waals surface area (Å²) in [6.07, 6.45) is 0. The summed E-state index contributed by atoms with van der Waals surface area (Å²) < 4.78 is 1.04. The number of aliphatic carboxylic acids is 1. The molecule has 17 heavy (non-hydrogen) atoms. The van der Waals surface area contributed by atoms with E-state index in [4.69, 9.17) is 5.11 Å². The van der Waals surface area contributed by atoms with Crippen LogP contribution in [0, 0.1) is 5.92 Å². The van der Waals surface area contributed by atoms with E-state index in [1.807, 2.05) is 38.1 Å². The lowest BCUT2D eigenvalue weighted by molar-refractivity contribution is -0.142. The molecule has 1 aromatic carbocycles. The van der Waals surface area contributed by atoms with Crippen LogP contribution in [-0.4, -0.2) is 17.1 Å². The van der Waals surface area contributed by atoms with Gasteiger partial charge in [0.05, 0.1) is 5.92 Å². The van der Waals surface area contributed by atoms with E-state index < -0.39 is 11.9 Å². The molecule has 0 bridgehead atoms. The van der Waals surface area contributed by atoms with Crippen LogP contribution in [0.5, 0.6) is 0 Å². The quantitative estimate of drug-likeness (QED) is 0.878. The molecule has 0 radical (unpaired) electrons. The van der Waals surface area contributed by atoms with Crippen LogP contribution in [0.2, 0.25) is 0 Å². The maximum absolute atomic E-state index is 10.9. The molecule has 0 fully saturated rings. The Hall–Kier alpha value is -0.870. The fourth-order valence-corrected chi connectivity index (χ4v) is 2.30. The van der Waals surface area contributed by atoms with E-state index in [9.17, 15) is 4.79 Å². The van der Waals surface area contributed by atoms with Gasteiger partial charge in [-0.1, -0.05) is 41.1 Å². The standard InChI is InChI=1S/C13H18BrNO2/c1-8(13(16)17)9(2)15-10(3)11-6-4-5-7-12(11)14/h4-10,15H,1-3H3,(H,16,17)/t8?,9?,10-/m1/s1. The summed E-state index contributed by atoms with van der Waals surface area (Å²) >= 11 is 3.50. The van der Waals surface area contributed by atoms with Gasteiger partial charge in [0.25, 0.3) is 0 Å². The number of halogens is 1. The number of carboxylic acid groups (broad SMARTS) is 1. The summed E-state index contributed by atoms with van der Waals surface area (Å²) in [5.41, 5.74) is 1.14. The zero-order valence-corrected chi connectivity index (χ0v) is 11.9. The topological polar surface area (TPSA) is 49.3 Å². The third kappa shape index (κ3) is 3.82.